The van der Waals surface area contributed by atoms with Gasteiger partial charge in [-0.1, -0.05) is 5.11 Å². The van der Waals surface area contributed by atoms with Crippen LogP contribution in [0.5, 0.6) is 0 Å². The minimum atomic E-state index is -0.0672. The predicted octanol–water partition coefficient (Wildman–Crippen LogP) is 2.89. The third-order valence-electron chi connectivity index (χ3n) is 1.12. The molecule has 0 N–H and O–H groups in total. The van der Waals surface area contributed by atoms with E-state index in [1.165, 1.54) is 18.3 Å². The Kier molecular flexibility index (Phi) is 2.25. The second-order valence-electron chi connectivity index (χ2n) is 1.88. The number of rotatable bonds is 2. The second-order valence-corrected chi connectivity index (χ2v) is 2.80. The van der Waals surface area contributed by atoms with Gasteiger partial charge in [-0.25, -0.2) is 0 Å². The van der Waals surface area contributed by atoms with Gasteiger partial charge in [0.2, 0.25) is 0 Å². The number of hydrogen-bond acceptors (Lipinski definition) is 3. The van der Waals surface area contributed by atoms with Crippen LogP contribution >= 0.6 is 11.3 Å². The normalized spacial score (nSPS) is 8.82. The van der Waals surface area contributed by atoms with Gasteiger partial charge in [0.1, 0.15) is 0 Å². The summed E-state index contributed by atoms with van der Waals surface area (Å²) in [5.74, 6) is -0.0672. The van der Waals surface area contributed by atoms with E-state index in [1.54, 1.807) is 11.4 Å². The Balaban J connectivity index is 3.15. The fraction of sp³-hybridized carbons (Fsp3) is 0.167. The molecule has 0 aliphatic rings. The molecule has 0 amide bonds. The Morgan fingerprint density at radius 1 is 1.82 bits per heavy atom. The minimum Gasteiger partial charge on any atom is -0.294 e. The van der Waals surface area contributed by atoms with E-state index in [-0.39, 0.29) is 5.78 Å². The van der Waals surface area contributed by atoms with Gasteiger partial charge in [-0.05, 0) is 23.9 Å². The lowest BCUT2D eigenvalue weighted by molar-refractivity contribution is 0.102. The zero-order chi connectivity index (χ0) is 8.27. The van der Waals surface area contributed by atoms with Gasteiger partial charge in [0.15, 0.2) is 5.78 Å². The van der Waals surface area contributed by atoms with Gasteiger partial charge in [0, 0.05) is 4.91 Å². The Bertz CT molecular complexity index is 308. The quantitative estimate of drug-likeness (QED) is 0.289. The lowest BCUT2D eigenvalue weighted by atomic mass is 10.3. The highest BCUT2D eigenvalue weighted by Crippen LogP contribution is 2.25. The zero-order valence-corrected chi connectivity index (χ0v) is 6.63. The van der Waals surface area contributed by atoms with Crippen LogP contribution < -0.4 is 0 Å². The molecule has 0 bridgehead atoms. The molecule has 0 spiro atoms. The molecule has 1 aromatic rings. The van der Waals surface area contributed by atoms with Crippen LogP contribution in [0.2, 0.25) is 0 Å². The van der Waals surface area contributed by atoms with Crippen molar-refractivity contribution < 1.29 is 4.79 Å². The number of carbonyl (C=O) groups excluding carboxylic acids is 1. The van der Waals surface area contributed by atoms with Crippen molar-refractivity contribution in [2.24, 2.45) is 5.11 Å². The van der Waals surface area contributed by atoms with E-state index in [2.05, 4.69) is 10.0 Å². The molecule has 0 fully saturated rings. The molecule has 0 saturated carbocycles. The van der Waals surface area contributed by atoms with Crippen LogP contribution in [0.1, 0.15) is 16.6 Å². The Morgan fingerprint density at radius 3 is 3.09 bits per heavy atom. The largest absolute Gasteiger partial charge is 0.294 e. The van der Waals surface area contributed by atoms with Crippen LogP contribution in [0, 0.1) is 0 Å². The van der Waals surface area contributed by atoms with Crippen LogP contribution in [-0.2, 0) is 0 Å². The molecule has 11 heavy (non-hydrogen) atoms. The Labute approximate surface area is 67.1 Å². The van der Waals surface area contributed by atoms with Crippen LogP contribution in [0.15, 0.2) is 16.6 Å². The van der Waals surface area contributed by atoms with E-state index in [0.717, 1.165) is 0 Å². The molecule has 0 aromatic carbocycles. The van der Waals surface area contributed by atoms with Crippen molar-refractivity contribution in [2.45, 2.75) is 6.92 Å². The van der Waals surface area contributed by atoms with Crippen LogP contribution in [0.4, 0.5) is 5.69 Å². The fourth-order valence-electron chi connectivity index (χ4n) is 0.693. The highest BCUT2D eigenvalue weighted by molar-refractivity contribution is 7.12. The number of Topliss-reactive ketones (excluding diaryl/α,β-unsaturated/α-hetero) is 1. The molecule has 5 heteroatoms. The van der Waals surface area contributed by atoms with Gasteiger partial charge < -0.3 is 0 Å². The molecular weight excluding hydrogens is 162 g/mol. The SMILES string of the molecule is CC(=O)c1sccc1N=[N+]=[N-]. The number of ketones is 1. The van der Waals surface area contributed by atoms with Gasteiger partial charge in [0.25, 0.3) is 0 Å². The van der Waals surface area contributed by atoms with E-state index < -0.39 is 0 Å². The highest BCUT2D eigenvalue weighted by atomic mass is 32.1. The first kappa shape index (κ1) is 7.78. The molecule has 1 heterocycles. The summed E-state index contributed by atoms with van der Waals surface area (Å²) < 4.78 is 0. The van der Waals surface area contributed by atoms with E-state index in [1.807, 2.05) is 0 Å². The van der Waals surface area contributed by atoms with Gasteiger partial charge in [-0.2, -0.15) is 0 Å². The number of nitrogens with zero attached hydrogens (tertiary/aromatic N) is 3. The number of carbonyl (C=O) groups is 1. The standard InChI is InChI=1S/C6H5N3OS/c1-4(10)6-5(8-9-7)2-3-11-6/h2-3H,1H3. The smallest absolute Gasteiger partial charge is 0.170 e. The first-order valence-corrected chi connectivity index (χ1v) is 3.77. The summed E-state index contributed by atoms with van der Waals surface area (Å²) in [6.07, 6.45) is 0. The maximum absolute atomic E-state index is 10.8. The molecule has 0 unspecified atom stereocenters. The first-order valence-electron chi connectivity index (χ1n) is 2.89. The molecule has 56 valence electrons. The van der Waals surface area contributed by atoms with Crippen LogP contribution in [0.3, 0.4) is 0 Å². The summed E-state index contributed by atoms with van der Waals surface area (Å²) in [5, 5.41) is 5.08. The average Bonchev–Trinajstić information content (AvgIpc) is 2.36. The summed E-state index contributed by atoms with van der Waals surface area (Å²) in [5.41, 5.74) is 8.52. The Hall–Kier alpha value is -1.32. The lowest BCUT2D eigenvalue weighted by Crippen LogP contribution is -1.84. The summed E-state index contributed by atoms with van der Waals surface area (Å²) in [6, 6.07) is 1.63. The summed E-state index contributed by atoms with van der Waals surface area (Å²) in [4.78, 5) is 13.9. The number of hydrogen-bond donors (Lipinski definition) is 0. The van der Waals surface area contributed by atoms with Gasteiger partial charge in [-0.15, -0.1) is 11.3 Å². The summed E-state index contributed by atoms with van der Waals surface area (Å²) in [6.45, 7) is 1.45. The van der Waals surface area contributed by atoms with Crippen molar-refractivity contribution in [1.82, 2.24) is 0 Å². The molecule has 0 saturated heterocycles. The average molecular weight is 167 g/mol. The van der Waals surface area contributed by atoms with Crippen molar-refractivity contribution in [3.8, 4) is 0 Å². The fourth-order valence-corrected chi connectivity index (χ4v) is 1.42. The summed E-state index contributed by atoms with van der Waals surface area (Å²) in [7, 11) is 0. The maximum atomic E-state index is 10.8. The molecule has 0 atom stereocenters. The molecule has 4 nitrogen and oxygen atoms in total. The molecule has 0 aliphatic carbocycles. The number of azide groups is 1. The van der Waals surface area contributed by atoms with Gasteiger partial charge >= 0.3 is 0 Å². The van der Waals surface area contributed by atoms with Crippen molar-refractivity contribution in [3.05, 3.63) is 26.8 Å². The maximum Gasteiger partial charge on any atom is 0.170 e. The van der Waals surface area contributed by atoms with Crippen molar-refractivity contribution >= 4 is 22.8 Å². The summed E-state index contributed by atoms with van der Waals surface area (Å²) >= 11 is 1.28. The van der Waals surface area contributed by atoms with E-state index in [4.69, 9.17) is 5.53 Å². The number of thiophene rings is 1. The second kappa shape index (κ2) is 3.18. The van der Waals surface area contributed by atoms with E-state index in [0.29, 0.717) is 10.6 Å². The lowest BCUT2D eigenvalue weighted by Gasteiger charge is -1.88. The topological polar surface area (TPSA) is 65.8 Å². The van der Waals surface area contributed by atoms with Gasteiger partial charge in [-0.3, -0.25) is 4.79 Å². The minimum absolute atomic E-state index is 0.0672. The first-order chi connectivity index (χ1) is 5.25. The monoisotopic (exact) mass is 167 g/mol. The molecule has 0 radical (unpaired) electrons. The van der Waals surface area contributed by atoms with Gasteiger partial charge in [0.05, 0.1) is 10.6 Å². The Morgan fingerprint density at radius 2 is 2.55 bits per heavy atom. The van der Waals surface area contributed by atoms with Crippen molar-refractivity contribution in [1.29, 1.82) is 0 Å². The highest BCUT2D eigenvalue weighted by Gasteiger charge is 2.05. The predicted molar refractivity (Wildman–Crippen MR) is 43.1 cm³/mol. The van der Waals surface area contributed by atoms with Crippen LogP contribution in [-0.4, -0.2) is 5.78 Å². The third-order valence-corrected chi connectivity index (χ3v) is 2.12. The van der Waals surface area contributed by atoms with Crippen LogP contribution in [0.25, 0.3) is 10.4 Å². The van der Waals surface area contributed by atoms with Crippen molar-refractivity contribution in [3.63, 3.8) is 0 Å². The zero-order valence-electron chi connectivity index (χ0n) is 5.81. The van der Waals surface area contributed by atoms with E-state index >= 15 is 0 Å². The molecule has 1 aromatic heterocycles. The molecule has 1 rings (SSSR count). The van der Waals surface area contributed by atoms with Crippen molar-refractivity contribution in [2.75, 3.05) is 0 Å². The molecular formula is C6H5N3OS. The third kappa shape index (κ3) is 1.58. The van der Waals surface area contributed by atoms with E-state index in [9.17, 15) is 4.79 Å². The molecule has 0 aliphatic heterocycles.